The van der Waals surface area contributed by atoms with Gasteiger partial charge in [-0.05, 0) is 83.8 Å². The van der Waals surface area contributed by atoms with Crippen LogP contribution < -0.4 is 4.74 Å². The van der Waals surface area contributed by atoms with E-state index in [9.17, 15) is 43.9 Å². The van der Waals surface area contributed by atoms with Gasteiger partial charge in [0.15, 0.2) is 0 Å². The molecule has 4 aromatic rings. The fourth-order valence-corrected chi connectivity index (χ4v) is 8.99. The minimum Gasteiger partial charge on any atom is -0.422 e. The van der Waals surface area contributed by atoms with E-state index in [0.717, 1.165) is 12.1 Å². The van der Waals surface area contributed by atoms with Crippen LogP contribution in [0.2, 0.25) is 0 Å². The van der Waals surface area contributed by atoms with Crippen molar-refractivity contribution in [2.75, 3.05) is 0 Å². The number of ether oxygens (including phenoxy) is 1. The molecular formula is C28H19F7O5S2. The highest BCUT2D eigenvalue weighted by Gasteiger charge is 2.53. The van der Waals surface area contributed by atoms with Gasteiger partial charge in [0.05, 0.1) is 5.56 Å². The first kappa shape index (κ1) is 31.1. The van der Waals surface area contributed by atoms with Crippen molar-refractivity contribution in [3.8, 4) is 5.75 Å². The number of carbonyl (C=O) groups excluding carboxylic acids is 1. The van der Waals surface area contributed by atoms with Gasteiger partial charge in [-0.1, -0.05) is 18.2 Å². The smallest absolute Gasteiger partial charge is 0.422 e. The Morgan fingerprint density at radius 1 is 0.667 bits per heavy atom. The van der Waals surface area contributed by atoms with E-state index < -0.39 is 69.9 Å². The number of carbonyl (C=O) groups is 1. The summed E-state index contributed by atoms with van der Waals surface area (Å²) in [5.41, 5.74) is -5.79. The summed E-state index contributed by atoms with van der Waals surface area (Å²) in [6, 6.07) is 12.6. The van der Waals surface area contributed by atoms with E-state index in [1.54, 1.807) is 18.2 Å². The van der Waals surface area contributed by atoms with Crippen molar-refractivity contribution in [2.45, 2.75) is 34.0 Å². The lowest BCUT2D eigenvalue weighted by atomic mass is 10.1. The molecule has 0 aliphatic heterocycles. The third-order valence-corrected chi connectivity index (χ3v) is 10.6. The Morgan fingerprint density at radius 3 is 1.48 bits per heavy atom. The van der Waals surface area contributed by atoms with E-state index >= 15 is 0 Å². The number of aryl methyl sites for hydroxylation is 2. The highest BCUT2D eigenvalue weighted by Crippen LogP contribution is 2.71. The third kappa shape index (κ3) is 6.15. The summed E-state index contributed by atoms with van der Waals surface area (Å²) in [6.45, 7) is 2.70. The number of esters is 1. The van der Waals surface area contributed by atoms with Crippen LogP contribution in [0.5, 0.6) is 5.75 Å². The van der Waals surface area contributed by atoms with Crippen LogP contribution in [0.1, 0.15) is 21.5 Å². The van der Waals surface area contributed by atoms with Crippen LogP contribution in [-0.2, 0) is 13.7 Å². The normalized spacial score (nSPS) is 12.7. The van der Waals surface area contributed by atoms with E-state index in [4.69, 9.17) is 8.37 Å². The zero-order valence-corrected chi connectivity index (χ0v) is 23.1. The summed E-state index contributed by atoms with van der Waals surface area (Å²) in [5, 5.41) is 0. The largest absolute Gasteiger partial charge is 0.524 e. The molecule has 0 heterocycles. The van der Waals surface area contributed by atoms with Crippen LogP contribution in [0.25, 0.3) is 0 Å². The summed E-state index contributed by atoms with van der Waals surface area (Å²) >= 11 is 0. The predicted octanol–water partition coefficient (Wildman–Crippen LogP) is 8.14. The van der Waals surface area contributed by atoms with E-state index in [1.807, 2.05) is 0 Å². The molecule has 14 heteroatoms. The average Bonchev–Trinajstić information content (AvgIpc) is 2.87. The van der Waals surface area contributed by atoms with E-state index in [1.165, 1.54) is 26.0 Å². The number of hydrogen-bond donors (Lipinski definition) is 0. The van der Waals surface area contributed by atoms with Gasteiger partial charge >= 0.3 is 21.6 Å². The second-order valence-electron chi connectivity index (χ2n) is 8.88. The van der Waals surface area contributed by atoms with Gasteiger partial charge in [0.2, 0.25) is 0 Å². The maximum atomic E-state index is 14.5. The maximum absolute atomic E-state index is 14.5. The number of alkyl halides is 3. The quantitative estimate of drug-likeness (QED) is 0.0891. The van der Waals surface area contributed by atoms with Gasteiger partial charge in [0, 0.05) is 26.8 Å². The number of benzene rings is 4. The summed E-state index contributed by atoms with van der Waals surface area (Å²) in [6.07, 6.45) is 0. The fourth-order valence-electron chi connectivity index (χ4n) is 4.05. The molecule has 0 spiro atoms. The third-order valence-electron chi connectivity index (χ3n) is 5.78. The van der Waals surface area contributed by atoms with Crippen LogP contribution in [-0.4, -0.2) is 19.9 Å². The maximum Gasteiger partial charge on any atom is 0.524 e. The minimum atomic E-state index is -6.58. The second kappa shape index (κ2) is 11.4. The Morgan fingerprint density at radius 2 is 1.07 bits per heavy atom. The summed E-state index contributed by atoms with van der Waals surface area (Å²) in [5.74, 6) is -6.23. The molecule has 4 rings (SSSR count). The van der Waals surface area contributed by atoms with Crippen molar-refractivity contribution in [1.29, 1.82) is 0 Å². The van der Waals surface area contributed by atoms with Gasteiger partial charge < -0.3 is 4.74 Å². The van der Waals surface area contributed by atoms with Crippen LogP contribution >= 0.6 is 10.3 Å². The number of rotatable bonds is 7. The Labute approximate surface area is 237 Å². The molecule has 0 radical (unpaired) electrons. The molecule has 42 heavy (non-hydrogen) atoms. The summed E-state index contributed by atoms with van der Waals surface area (Å²) in [4.78, 5) is 10.6. The van der Waals surface area contributed by atoms with Crippen LogP contribution in [0.15, 0.2) is 93.5 Å². The molecule has 0 aliphatic rings. The van der Waals surface area contributed by atoms with Crippen molar-refractivity contribution in [3.05, 3.63) is 119 Å². The van der Waals surface area contributed by atoms with E-state index in [2.05, 4.69) is 0 Å². The van der Waals surface area contributed by atoms with Crippen molar-refractivity contribution in [2.24, 2.45) is 0 Å². The summed E-state index contributed by atoms with van der Waals surface area (Å²) in [7, 11) is -11.1. The Bertz CT molecular complexity index is 1660. The van der Waals surface area contributed by atoms with Crippen molar-refractivity contribution in [1.82, 2.24) is 0 Å². The molecule has 0 saturated heterocycles. The highest BCUT2D eigenvalue weighted by atomic mass is 32.3. The fraction of sp³-hybridized carbons (Fsp3) is 0.107. The zero-order chi connectivity index (χ0) is 31.0. The van der Waals surface area contributed by atoms with E-state index in [0.29, 0.717) is 36.4 Å². The lowest BCUT2D eigenvalue weighted by Gasteiger charge is -2.40. The zero-order valence-electron chi connectivity index (χ0n) is 21.5. The molecule has 4 aromatic carbocycles. The van der Waals surface area contributed by atoms with Gasteiger partial charge in [-0.15, -0.1) is 0 Å². The topological polar surface area (TPSA) is 69.7 Å². The monoisotopic (exact) mass is 632 g/mol. The van der Waals surface area contributed by atoms with Crippen LogP contribution in [0.3, 0.4) is 0 Å². The molecule has 222 valence electrons. The molecule has 0 aromatic heterocycles. The SMILES string of the molecule is Cc1cc(S(OS(=O)(=O)C(F)(F)F)(c2cc(F)cc(F)c2)c2cc(F)cc(F)c2)cc(C)c1OC(=O)c1ccccc1. The Kier molecular flexibility index (Phi) is 8.45. The molecule has 0 atom stereocenters. The first-order valence-electron chi connectivity index (χ1n) is 11.7. The van der Waals surface area contributed by atoms with Gasteiger partial charge in [0.25, 0.3) is 0 Å². The molecule has 5 nitrogen and oxygen atoms in total. The molecular weight excluding hydrogens is 613 g/mol. The summed E-state index contributed by atoms with van der Waals surface area (Å²) < 4.78 is 134. The molecule has 0 fully saturated rings. The van der Waals surface area contributed by atoms with Crippen molar-refractivity contribution >= 4 is 26.4 Å². The molecule has 0 saturated carbocycles. The molecule has 0 unspecified atom stereocenters. The van der Waals surface area contributed by atoms with Gasteiger partial charge in [-0.25, -0.2) is 22.4 Å². The van der Waals surface area contributed by atoms with Gasteiger partial charge in [-0.2, -0.15) is 25.2 Å². The molecule has 0 aliphatic carbocycles. The predicted molar refractivity (Wildman–Crippen MR) is 138 cm³/mol. The average molecular weight is 633 g/mol. The number of halogens is 7. The molecule has 0 N–H and O–H groups in total. The first-order chi connectivity index (χ1) is 19.5. The second-order valence-corrected chi connectivity index (χ2v) is 13.3. The standard InChI is InChI=1S/C28H19F7O5S2/c1-16-8-23(9-17(2)26(16)39-27(36)18-6-4-3-5-7-18)41(40-42(37,38)28(33,34)35,24-12-19(29)10-20(30)13-24)25-14-21(31)11-22(32)15-25/h3-15H,1-2H3. The van der Waals surface area contributed by atoms with Crippen LogP contribution in [0, 0.1) is 37.1 Å². The minimum absolute atomic E-state index is 0.0490. The van der Waals surface area contributed by atoms with Crippen molar-refractivity contribution < 1.29 is 52.3 Å². The Balaban J connectivity index is 2.06. The van der Waals surface area contributed by atoms with Crippen molar-refractivity contribution in [3.63, 3.8) is 0 Å². The first-order valence-corrected chi connectivity index (χ1v) is 14.7. The molecule has 0 bridgehead atoms. The Hall–Kier alpha value is -3.88. The highest BCUT2D eigenvalue weighted by molar-refractivity contribution is 8.33. The number of hydrogen-bond acceptors (Lipinski definition) is 5. The lowest BCUT2D eigenvalue weighted by Crippen LogP contribution is -2.27. The van der Waals surface area contributed by atoms with Gasteiger partial charge in [-0.3, -0.25) is 0 Å². The molecule has 0 amide bonds. The van der Waals surface area contributed by atoms with Gasteiger partial charge in [0.1, 0.15) is 29.0 Å². The van der Waals surface area contributed by atoms with Crippen LogP contribution in [0.4, 0.5) is 30.7 Å². The van der Waals surface area contributed by atoms with E-state index in [-0.39, 0.29) is 22.4 Å². The lowest BCUT2D eigenvalue weighted by molar-refractivity contribution is -0.0496.